The van der Waals surface area contributed by atoms with Gasteiger partial charge in [0.05, 0.1) is 25.7 Å². The molecule has 14 nitrogen and oxygen atoms in total. The molecule has 18 heteroatoms. The minimum absolute atomic E-state index is 0.106. The van der Waals surface area contributed by atoms with E-state index < -0.39 is 20.8 Å². The summed E-state index contributed by atoms with van der Waals surface area (Å²) in [5.41, 5.74) is 5.78. The molecule has 2 aromatic heterocycles. The molecular formula is C34H39N4O10S4+. The predicted octanol–water partition coefficient (Wildman–Crippen LogP) is 4.16. The Morgan fingerprint density at radius 1 is 0.673 bits per heavy atom. The van der Waals surface area contributed by atoms with E-state index in [0.717, 1.165) is 48.1 Å². The largest absolute Gasteiger partial charge is 0.726 e. The number of nitrogens with zero attached hydrogens (tertiary/aromatic N) is 2. The molecule has 0 spiro atoms. The minimum atomic E-state index is -4.41. The highest BCUT2D eigenvalue weighted by atomic mass is 33.1. The van der Waals surface area contributed by atoms with E-state index in [-0.39, 0.29) is 23.3 Å². The standard InChI is InChI=1S/C32H30N4O2S2.2CH4O4S/c1-35-21-5-3-7-29(35)19-13-25-9-15-27(16-10-25)33-31(37)23-39-40-24-32(38)34-28-17-11-26(12-18-28)14-20-30-8-4-6-22-36(30)2;2*1-5-6(2,3)4/h3-22H,23-24H2,1-2H3;2*1H3,(H,2,3,4)/p+1. The van der Waals surface area contributed by atoms with Gasteiger partial charge in [-0.2, -0.15) is 8.42 Å². The van der Waals surface area contributed by atoms with E-state index in [9.17, 15) is 31.0 Å². The molecule has 0 radical (unpaired) electrons. The zero-order chi connectivity index (χ0) is 38.6. The third-order valence-corrected chi connectivity index (χ3v) is 9.31. The fourth-order valence-corrected chi connectivity index (χ4v) is 5.39. The van der Waals surface area contributed by atoms with Gasteiger partial charge >= 0.3 is 10.4 Å². The molecule has 0 aliphatic rings. The van der Waals surface area contributed by atoms with Crippen LogP contribution in [-0.4, -0.2) is 63.5 Å². The molecule has 0 aliphatic heterocycles. The normalized spacial score (nSPS) is 11.3. The second-order valence-corrected chi connectivity index (χ2v) is 15.0. The topological polar surface area (TPSA) is 196 Å². The number of amides is 2. The smallest absolute Gasteiger partial charge is 0.397 e. The molecule has 0 unspecified atom stereocenters. The van der Waals surface area contributed by atoms with Gasteiger partial charge in [-0.25, -0.2) is 17.6 Å². The summed E-state index contributed by atoms with van der Waals surface area (Å²) in [6.45, 7) is 0. The molecule has 4 rings (SSSR count). The number of pyridine rings is 2. The summed E-state index contributed by atoms with van der Waals surface area (Å²) in [6, 6.07) is 27.5. The second-order valence-electron chi connectivity index (χ2n) is 10.2. The summed E-state index contributed by atoms with van der Waals surface area (Å²) in [7, 11) is -0.171. The Hall–Kier alpha value is -4.40. The van der Waals surface area contributed by atoms with Gasteiger partial charge < -0.3 is 15.2 Å². The van der Waals surface area contributed by atoms with Gasteiger partial charge in [-0.15, -0.1) is 0 Å². The number of carbonyl (C=O) groups is 2. The van der Waals surface area contributed by atoms with E-state index in [2.05, 4.69) is 31.2 Å². The Balaban J connectivity index is 0.000000671. The van der Waals surface area contributed by atoms with Gasteiger partial charge in [0.2, 0.25) is 33.6 Å². The zero-order valence-corrected chi connectivity index (χ0v) is 31.9. The molecule has 0 fully saturated rings. The molecule has 0 saturated carbocycles. The first kappa shape index (κ1) is 43.8. The molecule has 2 heterocycles. The number of carbonyl (C=O) groups excluding carboxylic acids is 2. The molecule has 52 heavy (non-hydrogen) atoms. The van der Waals surface area contributed by atoms with E-state index in [4.69, 9.17) is 4.55 Å². The Bertz CT molecular complexity index is 1880. The zero-order valence-electron chi connectivity index (χ0n) is 28.6. The van der Waals surface area contributed by atoms with Crippen molar-refractivity contribution in [1.82, 2.24) is 0 Å². The van der Waals surface area contributed by atoms with Gasteiger partial charge in [-0.1, -0.05) is 45.9 Å². The summed E-state index contributed by atoms with van der Waals surface area (Å²) in [4.78, 5) is 24.6. The van der Waals surface area contributed by atoms with Crippen molar-refractivity contribution in [2.24, 2.45) is 14.1 Å². The highest BCUT2D eigenvalue weighted by Gasteiger charge is 2.07. The highest BCUT2D eigenvalue weighted by molar-refractivity contribution is 8.77. The number of aryl methyl sites for hydroxylation is 2. The number of anilines is 2. The molecule has 2 aromatic carbocycles. The van der Waals surface area contributed by atoms with Crippen LogP contribution in [0.1, 0.15) is 22.5 Å². The van der Waals surface area contributed by atoms with Crippen LogP contribution < -0.4 is 19.8 Å². The van der Waals surface area contributed by atoms with Crippen LogP contribution in [0.5, 0.6) is 0 Å². The number of rotatable bonds is 13. The number of hydrogen-bond donors (Lipinski definition) is 3. The number of hydrogen-bond acceptors (Lipinski definition) is 11. The van der Waals surface area contributed by atoms with Gasteiger partial charge in [0, 0.05) is 47.8 Å². The van der Waals surface area contributed by atoms with Crippen molar-refractivity contribution in [1.29, 1.82) is 0 Å². The average molecular weight is 792 g/mol. The lowest BCUT2D eigenvalue weighted by Crippen LogP contribution is -2.30. The molecule has 278 valence electrons. The average Bonchev–Trinajstić information content (AvgIpc) is 3.11. The summed E-state index contributed by atoms with van der Waals surface area (Å²) < 4.78 is 64.8. The van der Waals surface area contributed by atoms with Crippen LogP contribution >= 0.6 is 21.6 Å². The van der Waals surface area contributed by atoms with Gasteiger partial charge in [0.1, 0.15) is 14.1 Å². The van der Waals surface area contributed by atoms with Crippen molar-refractivity contribution >= 4 is 89.9 Å². The van der Waals surface area contributed by atoms with Crippen LogP contribution in [0.15, 0.2) is 97.3 Å². The third-order valence-electron chi connectivity index (χ3n) is 6.35. The summed E-state index contributed by atoms with van der Waals surface area (Å²) >= 11 is 0. The van der Waals surface area contributed by atoms with E-state index in [1.54, 1.807) is 0 Å². The monoisotopic (exact) mass is 791 g/mol. The van der Waals surface area contributed by atoms with Gasteiger partial charge in [0.25, 0.3) is 0 Å². The van der Waals surface area contributed by atoms with Crippen LogP contribution in [0.2, 0.25) is 0 Å². The maximum Gasteiger partial charge on any atom is 0.397 e. The Labute approximate surface area is 311 Å². The fourth-order valence-electron chi connectivity index (χ4n) is 3.72. The third kappa shape index (κ3) is 19.3. The first-order chi connectivity index (χ1) is 24.6. The van der Waals surface area contributed by atoms with E-state index in [1.807, 2.05) is 133 Å². The van der Waals surface area contributed by atoms with Crippen LogP contribution in [0.3, 0.4) is 0 Å². The van der Waals surface area contributed by atoms with Crippen LogP contribution in [0, 0.1) is 0 Å². The molecule has 0 bridgehead atoms. The van der Waals surface area contributed by atoms with Crippen LogP contribution in [0.4, 0.5) is 11.4 Å². The fraction of sp³-hybridized carbons (Fsp3) is 0.176. The lowest BCUT2D eigenvalue weighted by atomic mass is 10.1. The number of benzene rings is 2. The molecule has 0 aliphatic carbocycles. The lowest BCUT2D eigenvalue weighted by Gasteiger charge is -2.06. The Morgan fingerprint density at radius 3 is 1.31 bits per heavy atom. The van der Waals surface area contributed by atoms with Crippen LogP contribution in [0.25, 0.3) is 24.3 Å². The number of aromatic nitrogens is 2. The van der Waals surface area contributed by atoms with Gasteiger partial charge in [0.15, 0.2) is 12.4 Å². The maximum absolute atomic E-state index is 12.3. The predicted molar refractivity (Wildman–Crippen MR) is 203 cm³/mol. The Kier molecular flexibility index (Phi) is 19.0. The minimum Gasteiger partial charge on any atom is -0.726 e. The first-order valence-corrected chi connectivity index (χ1v) is 20.1. The quantitative estimate of drug-likeness (QED) is 0.0576. The summed E-state index contributed by atoms with van der Waals surface area (Å²) in [5, 5.41) is 5.80. The molecule has 0 atom stereocenters. The molecule has 4 aromatic rings. The van der Waals surface area contributed by atoms with Gasteiger partial charge in [-0.3, -0.25) is 22.5 Å². The lowest BCUT2D eigenvalue weighted by molar-refractivity contribution is -0.673. The van der Waals surface area contributed by atoms with Crippen LogP contribution in [-0.2, 0) is 52.8 Å². The van der Waals surface area contributed by atoms with Crippen molar-refractivity contribution in [3.63, 3.8) is 0 Å². The maximum atomic E-state index is 12.3. The van der Waals surface area contributed by atoms with Crippen molar-refractivity contribution < 1.29 is 53.0 Å². The number of nitrogens with one attached hydrogen (secondary N) is 2. The molecular weight excluding hydrogens is 753 g/mol. The Morgan fingerprint density at radius 2 is 1.02 bits per heavy atom. The van der Waals surface area contributed by atoms with Crippen molar-refractivity contribution in [3.05, 3.63) is 120 Å². The van der Waals surface area contributed by atoms with E-state index in [1.165, 1.54) is 21.6 Å². The first-order valence-electron chi connectivity index (χ1n) is 14.9. The summed E-state index contributed by atoms with van der Waals surface area (Å²) in [6.07, 6.45) is 12.2. The highest BCUT2D eigenvalue weighted by Crippen LogP contribution is 2.22. The second kappa shape index (κ2) is 22.5. The van der Waals surface area contributed by atoms with Gasteiger partial charge in [-0.05, 0) is 59.7 Å². The summed E-state index contributed by atoms with van der Waals surface area (Å²) in [5.74, 6) is 0.296. The molecule has 3 N–H and O–H groups in total. The van der Waals surface area contributed by atoms with Crippen molar-refractivity contribution in [3.8, 4) is 0 Å². The SMILES string of the molecule is COS(=O)(=O)O.COS(=O)(=O)[O-].C[n+]1ccccc1/C=C/c1ccc(NC(=O)CSSCC(=O)Nc2ccc(/C=C/c3cccc[n+]3C)cc2)cc1. The van der Waals surface area contributed by atoms with E-state index in [0.29, 0.717) is 0 Å². The van der Waals surface area contributed by atoms with E-state index >= 15 is 0 Å². The van der Waals surface area contributed by atoms with Crippen molar-refractivity contribution in [2.75, 3.05) is 36.4 Å². The molecule has 2 amide bonds. The molecule has 0 saturated heterocycles. The van der Waals surface area contributed by atoms with Crippen molar-refractivity contribution in [2.45, 2.75) is 0 Å².